The molecule has 1 aromatic heterocycles. The number of nitro groups is 1. The molecule has 0 atom stereocenters. The molecule has 0 amide bonds. The number of hydrogen-bond acceptors (Lipinski definition) is 10. The van der Waals surface area contributed by atoms with Gasteiger partial charge in [-0.1, -0.05) is 18.2 Å². The first kappa shape index (κ1) is 18.5. The fourth-order valence-corrected chi connectivity index (χ4v) is 3.87. The lowest BCUT2D eigenvalue weighted by molar-refractivity contribution is -0.392. The normalized spacial score (nSPS) is 11.9. The van der Waals surface area contributed by atoms with Crippen LogP contribution in [0.15, 0.2) is 46.2 Å². The Labute approximate surface area is 141 Å². The fraction of sp³-hybridized carbons (Fsp3) is 0. The van der Waals surface area contributed by atoms with Crippen molar-refractivity contribution < 1.29 is 30.6 Å². The fourth-order valence-electron chi connectivity index (χ4n) is 1.72. The van der Waals surface area contributed by atoms with Crippen molar-refractivity contribution in [3.63, 3.8) is 0 Å². The number of pyridine rings is 1. The molecule has 0 saturated carbocycles. The van der Waals surface area contributed by atoms with Crippen LogP contribution in [-0.2, 0) is 24.5 Å². The van der Waals surface area contributed by atoms with Gasteiger partial charge in [-0.3, -0.25) is 4.55 Å². The Hall–Kier alpha value is -2.81. The highest BCUT2D eigenvalue weighted by molar-refractivity contribution is 7.89. The Bertz CT molecular complexity index is 1020. The van der Waals surface area contributed by atoms with Gasteiger partial charge in [0.1, 0.15) is 4.90 Å². The number of nitrogens with one attached hydrogen (secondary N) is 1. The van der Waals surface area contributed by atoms with Crippen LogP contribution >= 0.6 is 0 Å². The third kappa shape index (κ3) is 4.18. The second kappa shape index (κ2) is 6.60. The van der Waals surface area contributed by atoms with E-state index in [9.17, 15) is 31.5 Å². The quantitative estimate of drug-likeness (QED) is 0.354. The molecule has 0 radical (unpaired) electrons. The smallest absolute Gasteiger partial charge is 0.363 e. The van der Waals surface area contributed by atoms with Gasteiger partial charge in [0.25, 0.3) is 10.1 Å². The van der Waals surface area contributed by atoms with Crippen LogP contribution in [0.1, 0.15) is 0 Å². The molecule has 1 heterocycles. The number of anilines is 2. The molecule has 25 heavy (non-hydrogen) atoms. The van der Waals surface area contributed by atoms with Crippen molar-refractivity contribution in [2.75, 3.05) is 11.2 Å². The van der Waals surface area contributed by atoms with E-state index in [-0.39, 0.29) is 5.69 Å². The summed E-state index contributed by atoms with van der Waals surface area (Å²) in [6, 6.07) is 7.99. The summed E-state index contributed by atoms with van der Waals surface area (Å²) in [6.07, 6.45) is 0. The first-order chi connectivity index (χ1) is 11.5. The minimum absolute atomic E-state index is 0.158. The van der Waals surface area contributed by atoms with E-state index < -0.39 is 46.6 Å². The van der Waals surface area contributed by atoms with E-state index in [0.717, 1.165) is 0 Å². The summed E-state index contributed by atoms with van der Waals surface area (Å²) in [4.78, 5) is 10.2. The molecular weight excluding hydrogens is 380 g/mol. The standard InChI is InChI=1S/C11H10N4O8S2/c12-9-6-8(24(18,19)20)10(11(13-9)15(16)17)25(21,22)23-14-7-4-2-1-3-5-7/h1-6,14H,(H2,12,13)(H,18,19,20). The van der Waals surface area contributed by atoms with E-state index in [1.165, 1.54) is 24.3 Å². The van der Waals surface area contributed by atoms with Crippen molar-refractivity contribution in [2.45, 2.75) is 9.79 Å². The molecule has 2 aromatic rings. The molecule has 0 aliphatic heterocycles. The average molecular weight is 390 g/mol. The largest absolute Gasteiger partial charge is 0.388 e. The molecule has 4 N–H and O–H groups in total. The molecule has 2 rings (SSSR count). The molecule has 0 spiro atoms. The van der Waals surface area contributed by atoms with Gasteiger partial charge in [-0.05, 0) is 22.0 Å². The van der Waals surface area contributed by atoms with Crippen LogP contribution in [0.2, 0.25) is 0 Å². The summed E-state index contributed by atoms with van der Waals surface area (Å²) in [5.74, 6) is -2.10. The Kier molecular flexibility index (Phi) is 4.89. The van der Waals surface area contributed by atoms with E-state index in [2.05, 4.69) is 9.27 Å². The van der Waals surface area contributed by atoms with Gasteiger partial charge in [-0.15, -0.1) is 4.28 Å². The second-order valence-corrected chi connectivity index (χ2v) is 7.31. The Morgan fingerprint density at radius 3 is 2.32 bits per heavy atom. The monoisotopic (exact) mass is 390 g/mol. The van der Waals surface area contributed by atoms with Crippen LogP contribution < -0.4 is 11.2 Å². The zero-order chi connectivity index (χ0) is 18.8. The number of hydrogen-bond donors (Lipinski definition) is 3. The van der Waals surface area contributed by atoms with E-state index >= 15 is 0 Å². The Balaban J connectivity index is 2.61. The van der Waals surface area contributed by atoms with Crippen molar-refractivity contribution >= 4 is 37.6 Å². The first-order valence-electron chi connectivity index (χ1n) is 6.19. The maximum atomic E-state index is 12.3. The average Bonchev–Trinajstić information content (AvgIpc) is 2.52. The van der Waals surface area contributed by atoms with Crippen molar-refractivity contribution in [1.29, 1.82) is 0 Å². The third-order valence-corrected chi connectivity index (χ3v) is 4.90. The van der Waals surface area contributed by atoms with Crippen molar-refractivity contribution in [2.24, 2.45) is 0 Å². The molecule has 0 fully saturated rings. The second-order valence-electron chi connectivity index (χ2n) is 4.44. The molecule has 0 bridgehead atoms. The number of nitrogens with two attached hydrogens (primary N) is 1. The molecule has 0 aliphatic rings. The van der Waals surface area contributed by atoms with Gasteiger partial charge in [0.05, 0.1) is 5.69 Å². The minimum atomic E-state index is -5.19. The van der Waals surface area contributed by atoms with Crippen LogP contribution in [0.4, 0.5) is 17.3 Å². The van der Waals surface area contributed by atoms with E-state index in [0.29, 0.717) is 6.07 Å². The predicted molar refractivity (Wildman–Crippen MR) is 83.5 cm³/mol. The van der Waals surface area contributed by atoms with Crippen LogP contribution in [0.25, 0.3) is 0 Å². The molecule has 12 nitrogen and oxygen atoms in total. The zero-order valence-corrected chi connectivity index (χ0v) is 13.7. The third-order valence-electron chi connectivity index (χ3n) is 2.68. The molecule has 14 heteroatoms. The molecule has 0 saturated heterocycles. The van der Waals surface area contributed by atoms with Gasteiger partial charge in [-0.2, -0.15) is 16.8 Å². The maximum Gasteiger partial charge on any atom is 0.388 e. The predicted octanol–water partition coefficient (Wildman–Crippen LogP) is 0.551. The van der Waals surface area contributed by atoms with E-state index in [4.69, 9.17) is 5.73 Å². The summed E-state index contributed by atoms with van der Waals surface area (Å²) in [5.41, 5.74) is 7.38. The van der Waals surface area contributed by atoms with Gasteiger partial charge in [-0.25, -0.2) is 5.48 Å². The molecule has 0 unspecified atom stereocenters. The van der Waals surface area contributed by atoms with Crippen molar-refractivity contribution in [1.82, 2.24) is 4.98 Å². The number of nitrogens with zero attached hydrogens (tertiary/aromatic N) is 2. The summed E-state index contributed by atoms with van der Waals surface area (Å²) in [6.45, 7) is 0. The highest BCUT2D eigenvalue weighted by Crippen LogP contribution is 2.32. The number of benzene rings is 1. The molecule has 134 valence electrons. The number of aromatic nitrogens is 1. The van der Waals surface area contributed by atoms with Crippen molar-refractivity contribution in [3.05, 3.63) is 46.5 Å². The minimum Gasteiger partial charge on any atom is -0.363 e. The molecule has 0 aliphatic carbocycles. The van der Waals surface area contributed by atoms with Crippen LogP contribution in [0.5, 0.6) is 0 Å². The zero-order valence-electron chi connectivity index (χ0n) is 12.1. The van der Waals surface area contributed by atoms with Gasteiger partial charge in [0.15, 0.2) is 0 Å². The number of rotatable bonds is 6. The summed E-state index contributed by atoms with van der Waals surface area (Å²) < 4.78 is 61.0. The highest BCUT2D eigenvalue weighted by Gasteiger charge is 2.38. The highest BCUT2D eigenvalue weighted by atomic mass is 32.2. The Morgan fingerprint density at radius 2 is 1.80 bits per heavy atom. The van der Waals surface area contributed by atoms with Gasteiger partial charge in [0, 0.05) is 6.07 Å². The Morgan fingerprint density at radius 1 is 1.20 bits per heavy atom. The summed E-state index contributed by atoms with van der Waals surface area (Å²) in [5, 5.41) is 11.0. The SMILES string of the molecule is Nc1cc(S(=O)(=O)O)c(S(=O)(=O)ONc2ccccc2)c([N+](=O)[O-])n1. The van der Waals surface area contributed by atoms with Crippen molar-refractivity contribution in [3.8, 4) is 0 Å². The van der Waals surface area contributed by atoms with E-state index in [1.807, 2.05) is 5.48 Å². The van der Waals surface area contributed by atoms with Crippen LogP contribution in [0, 0.1) is 10.1 Å². The molecular formula is C11H10N4O8S2. The maximum absolute atomic E-state index is 12.3. The lowest BCUT2D eigenvalue weighted by Crippen LogP contribution is -2.18. The molecule has 1 aromatic carbocycles. The summed E-state index contributed by atoms with van der Waals surface area (Å²) in [7, 11) is -10.3. The van der Waals surface area contributed by atoms with E-state index in [1.54, 1.807) is 6.07 Å². The van der Waals surface area contributed by atoms with Gasteiger partial charge >= 0.3 is 15.9 Å². The first-order valence-corrected chi connectivity index (χ1v) is 9.04. The van der Waals surface area contributed by atoms with Gasteiger partial charge in [0.2, 0.25) is 10.7 Å². The lowest BCUT2D eigenvalue weighted by Gasteiger charge is -2.10. The number of para-hydroxylation sites is 1. The lowest BCUT2D eigenvalue weighted by atomic mass is 10.3. The summed E-state index contributed by atoms with van der Waals surface area (Å²) >= 11 is 0. The van der Waals surface area contributed by atoms with Crippen LogP contribution in [0.3, 0.4) is 0 Å². The number of nitrogen functional groups attached to an aromatic ring is 1. The van der Waals surface area contributed by atoms with Crippen LogP contribution in [-0.4, -0.2) is 31.3 Å². The topological polar surface area (TPSA) is 192 Å². The van der Waals surface area contributed by atoms with Gasteiger partial charge < -0.3 is 15.8 Å².